The molecular weight excluding hydrogens is 164 g/mol. The molecule has 0 amide bonds. The van der Waals surface area contributed by atoms with Crippen molar-refractivity contribution in [2.24, 2.45) is 9.98 Å². The number of nitrogens with zero attached hydrogens (tertiary/aromatic N) is 4. The topological polar surface area (TPSA) is 42.5 Å². The van der Waals surface area contributed by atoms with Crippen LogP contribution in [0.5, 0.6) is 0 Å². The van der Waals surface area contributed by atoms with Crippen LogP contribution in [0.4, 0.5) is 0 Å². The average molecular weight is 178 g/mol. The van der Waals surface area contributed by atoms with E-state index in [2.05, 4.69) is 15.1 Å². The van der Waals surface area contributed by atoms with Gasteiger partial charge in [-0.15, -0.1) is 0 Å². The normalized spacial score (nSPS) is 12.7. The molecule has 0 saturated heterocycles. The molecule has 1 rings (SSSR count). The third kappa shape index (κ3) is 2.50. The lowest BCUT2D eigenvalue weighted by atomic mass is 10.4. The van der Waals surface area contributed by atoms with E-state index >= 15 is 0 Å². The van der Waals surface area contributed by atoms with Crippen molar-refractivity contribution in [3.8, 4) is 0 Å². The molecule has 13 heavy (non-hydrogen) atoms. The summed E-state index contributed by atoms with van der Waals surface area (Å²) >= 11 is 0. The Hall–Kier alpha value is -1.45. The molecule has 0 aromatic carbocycles. The largest absolute Gasteiger partial charge is 0.253 e. The SMILES string of the molecule is CC/C=N\C(=NC)n1cc(C)cn1. The molecule has 0 fully saturated rings. The molecule has 0 aliphatic heterocycles. The van der Waals surface area contributed by atoms with Crippen molar-refractivity contribution in [3.63, 3.8) is 0 Å². The lowest BCUT2D eigenvalue weighted by Gasteiger charge is -1.97. The number of aromatic nitrogens is 2. The van der Waals surface area contributed by atoms with Gasteiger partial charge in [0.15, 0.2) is 0 Å². The molecular formula is C9H14N4. The van der Waals surface area contributed by atoms with Gasteiger partial charge in [0.2, 0.25) is 5.96 Å². The van der Waals surface area contributed by atoms with E-state index in [-0.39, 0.29) is 0 Å². The lowest BCUT2D eigenvalue weighted by Crippen LogP contribution is -2.09. The first-order valence-electron chi connectivity index (χ1n) is 4.29. The van der Waals surface area contributed by atoms with E-state index in [1.165, 1.54) is 0 Å². The fraction of sp³-hybridized carbons (Fsp3) is 0.444. The second-order valence-electron chi connectivity index (χ2n) is 2.71. The van der Waals surface area contributed by atoms with E-state index in [0.29, 0.717) is 5.96 Å². The summed E-state index contributed by atoms with van der Waals surface area (Å²) in [5.74, 6) is 0.620. The fourth-order valence-electron chi connectivity index (χ4n) is 0.914. The van der Waals surface area contributed by atoms with E-state index in [0.717, 1.165) is 12.0 Å². The molecule has 0 atom stereocenters. The van der Waals surface area contributed by atoms with Crippen LogP contribution in [-0.4, -0.2) is 29.0 Å². The molecule has 70 valence electrons. The predicted octanol–water partition coefficient (Wildman–Crippen LogP) is 1.51. The van der Waals surface area contributed by atoms with Crippen LogP contribution in [0.15, 0.2) is 22.4 Å². The van der Waals surface area contributed by atoms with Crippen molar-refractivity contribution in [1.82, 2.24) is 9.78 Å². The highest BCUT2D eigenvalue weighted by Crippen LogP contribution is 1.95. The summed E-state index contributed by atoms with van der Waals surface area (Å²) in [6, 6.07) is 0. The van der Waals surface area contributed by atoms with Crippen LogP contribution in [0.1, 0.15) is 18.9 Å². The highest BCUT2D eigenvalue weighted by Gasteiger charge is 1.98. The summed E-state index contributed by atoms with van der Waals surface area (Å²) in [7, 11) is 1.71. The predicted molar refractivity (Wildman–Crippen MR) is 54.5 cm³/mol. The van der Waals surface area contributed by atoms with E-state index in [4.69, 9.17) is 0 Å². The highest BCUT2D eigenvalue weighted by molar-refractivity contribution is 5.88. The first-order valence-corrected chi connectivity index (χ1v) is 4.29. The minimum absolute atomic E-state index is 0.620. The smallest absolute Gasteiger partial charge is 0.245 e. The number of hydrogen-bond donors (Lipinski definition) is 0. The second kappa shape index (κ2) is 4.54. The zero-order valence-electron chi connectivity index (χ0n) is 8.23. The summed E-state index contributed by atoms with van der Waals surface area (Å²) < 4.78 is 1.67. The van der Waals surface area contributed by atoms with Gasteiger partial charge in [-0.3, -0.25) is 4.99 Å². The number of aryl methyl sites for hydroxylation is 1. The van der Waals surface area contributed by atoms with E-state index < -0.39 is 0 Å². The summed E-state index contributed by atoms with van der Waals surface area (Å²) in [6.07, 6.45) is 6.40. The van der Waals surface area contributed by atoms with Gasteiger partial charge in [0.25, 0.3) is 0 Å². The first-order chi connectivity index (χ1) is 6.27. The Morgan fingerprint density at radius 3 is 2.92 bits per heavy atom. The molecule has 1 aromatic rings. The molecule has 1 heterocycles. The Balaban J connectivity index is 2.86. The Bertz CT molecular complexity index is 322. The minimum Gasteiger partial charge on any atom is -0.253 e. The van der Waals surface area contributed by atoms with Crippen LogP contribution in [0.25, 0.3) is 0 Å². The molecule has 0 N–H and O–H groups in total. The summed E-state index contributed by atoms with van der Waals surface area (Å²) in [4.78, 5) is 8.20. The standard InChI is InChI=1S/C9H14N4/c1-4-5-11-9(10-3)13-7-8(2)6-12-13/h5-7H,4H2,1-3H3/b10-9?,11-5-. The summed E-state index contributed by atoms with van der Waals surface area (Å²) in [5.41, 5.74) is 1.10. The van der Waals surface area contributed by atoms with Gasteiger partial charge in [-0.05, 0) is 18.9 Å². The average Bonchev–Trinajstić information content (AvgIpc) is 2.54. The Morgan fingerprint density at radius 1 is 1.69 bits per heavy atom. The Kier molecular flexibility index (Phi) is 3.37. The molecule has 0 unspecified atom stereocenters. The molecule has 0 bridgehead atoms. The molecule has 4 heteroatoms. The first kappa shape index (κ1) is 9.64. The molecule has 4 nitrogen and oxygen atoms in total. The molecule has 0 aliphatic carbocycles. The molecule has 0 radical (unpaired) electrons. The van der Waals surface area contributed by atoms with Crippen molar-refractivity contribution in [2.75, 3.05) is 7.05 Å². The van der Waals surface area contributed by atoms with E-state index in [1.807, 2.05) is 26.3 Å². The van der Waals surface area contributed by atoms with Crippen molar-refractivity contribution in [2.45, 2.75) is 20.3 Å². The fourth-order valence-corrected chi connectivity index (χ4v) is 0.914. The molecule has 1 aromatic heterocycles. The summed E-state index contributed by atoms with van der Waals surface area (Å²) in [5, 5.41) is 4.11. The molecule has 0 spiro atoms. The van der Waals surface area contributed by atoms with Gasteiger partial charge in [0, 0.05) is 19.5 Å². The minimum atomic E-state index is 0.620. The second-order valence-corrected chi connectivity index (χ2v) is 2.71. The van der Waals surface area contributed by atoms with Gasteiger partial charge >= 0.3 is 0 Å². The van der Waals surface area contributed by atoms with Crippen molar-refractivity contribution < 1.29 is 0 Å². The maximum absolute atomic E-state index is 4.17. The zero-order valence-corrected chi connectivity index (χ0v) is 8.23. The number of hydrogen-bond acceptors (Lipinski definition) is 2. The number of aliphatic imine (C=N–C) groups is 2. The van der Waals surface area contributed by atoms with Crippen molar-refractivity contribution >= 4 is 12.2 Å². The highest BCUT2D eigenvalue weighted by atomic mass is 15.3. The monoisotopic (exact) mass is 178 g/mol. The Labute approximate surface area is 78.0 Å². The maximum atomic E-state index is 4.17. The van der Waals surface area contributed by atoms with Crippen LogP contribution >= 0.6 is 0 Å². The van der Waals surface area contributed by atoms with Crippen LogP contribution < -0.4 is 0 Å². The van der Waals surface area contributed by atoms with Crippen molar-refractivity contribution in [1.29, 1.82) is 0 Å². The van der Waals surface area contributed by atoms with Gasteiger partial charge in [-0.2, -0.15) is 5.10 Å². The van der Waals surface area contributed by atoms with Crippen molar-refractivity contribution in [3.05, 3.63) is 18.0 Å². The maximum Gasteiger partial charge on any atom is 0.245 e. The molecule has 0 saturated carbocycles. The van der Waals surface area contributed by atoms with Gasteiger partial charge in [0.05, 0.1) is 6.20 Å². The van der Waals surface area contributed by atoms with Crippen LogP contribution in [0.2, 0.25) is 0 Å². The number of rotatable bonds is 1. The third-order valence-corrected chi connectivity index (χ3v) is 1.51. The summed E-state index contributed by atoms with van der Waals surface area (Å²) in [6.45, 7) is 4.02. The van der Waals surface area contributed by atoms with Crippen LogP contribution in [0, 0.1) is 6.92 Å². The van der Waals surface area contributed by atoms with E-state index in [9.17, 15) is 0 Å². The third-order valence-electron chi connectivity index (χ3n) is 1.51. The quantitative estimate of drug-likeness (QED) is 0.474. The van der Waals surface area contributed by atoms with Gasteiger partial charge < -0.3 is 0 Å². The lowest BCUT2D eigenvalue weighted by molar-refractivity contribution is 0.916. The van der Waals surface area contributed by atoms with E-state index in [1.54, 1.807) is 17.9 Å². The molecule has 0 aliphatic rings. The van der Waals surface area contributed by atoms with Gasteiger partial charge in [-0.25, -0.2) is 9.67 Å². The van der Waals surface area contributed by atoms with Gasteiger partial charge in [-0.1, -0.05) is 6.92 Å². The van der Waals surface area contributed by atoms with Crippen LogP contribution in [0.3, 0.4) is 0 Å². The van der Waals surface area contributed by atoms with Crippen LogP contribution in [-0.2, 0) is 0 Å². The zero-order chi connectivity index (χ0) is 9.68. The van der Waals surface area contributed by atoms with Gasteiger partial charge in [0.1, 0.15) is 0 Å². The Morgan fingerprint density at radius 2 is 2.46 bits per heavy atom.